The van der Waals surface area contributed by atoms with Gasteiger partial charge in [0.15, 0.2) is 17.6 Å². The second-order valence-electron chi connectivity index (χ2n) is 15.1. The topological polar surface area (TPSA) is 128 Å². The van der Waals surface area contributed by atoms with Crippen molar-refractivity contribution in [1.29, 1.82) is 0 Å². The van der Waals surface area contributed by atoms with Gasteiger partial charge in [0.1, 0.15) is 11.9 Å². The van der Waals surface area contributed by atoms with E-state index in [-0.39, 0.29) is 24.0 Å². The van der Waals surface area contributed by atoms with Gasteiger partial charge in [-0.1, -0.05) is 120 Å². The van der Waals surface area contributed by atoms with Crippen LogP contribution < -0.4 is 10.1 Å². The Kier molecular flexibility index (Phi) is 15.1. The lowest BCUT2D eigenvalue weighted by molar-refractivity contribution is -0.149. The lowest BCUT2D eigenvalue weighted by atomic mass is 9.91. The van der Waals surface area contributed by atoms with Crippen molar-refractivity contribution in [2.24, 2.45) is 5.92 Å². The summed E-state index contributed by atoms with van der Waals surface area (Å²) in [5, 5.41) is 13.8. The minimum Gasteiger partial charge on any atom is -0.494 e. The minimum atomic E-state index is -1.37. The van der Waals surface area contributed by atoms with E-state index in [0.717, 1.165) is 39.3 Å². The third-order valence-corrected chi connectivity index (χ3v) is 11.2. The van der Waals surface area contributed by atoms with E-state index in [1.807, 2.05) is 54.6 Å². The zero-order valence-electron chi connectivity index (χ0n) is 33.0. The molecular formula is C46H53N3O6S. The van der Waals surface area contributed by atoms with Gasteiger partial charge in [0, 0.05) is 40.7 Å². The van der Waals surface area contributed by atoms with Gasteiger partial charge < -0.3 is 19.9 Å². The number of thiophene rings is 1. The first-order valence-electron chi connectivity index (χ1n) is 19.4. The summed E-state index contributed by atoms with van der Waals surface area (Å²) < 4.78 is 10.9. The number of aromatic nitrogens is 2. The van der Waals surface area contributed by atoms with Crippen molar-refractivity contribution in [2.75, 3.05) is 13.7 Å². The Balaban J connectivity index is 1.29. The van der Waals surface area contributed by atoms with Gasteiger partial charge >= 0.3 is 5.97 Å². The molecule has 0 aliphatic heterocycles. The molecule has 0 bridgehead atoms. The maximum atomic E-state index is 14.0. The molecule has 56 heavy (non-hydrogen) atoms. The van der Waals surface area contributed by atoms with Crippen molar-refractivity contribution in [3.05, 3.63) is 124 Å². The standard InChI is InChI=1S/C46H53N3O6S/c1-6-7-8-9-13-26-55-37-22-20-32(21-23-37)36-29-47-43(48-30-36)34-18-16-31(17-19-34)27-35(28-38(50)39-24-25-40(56-39)46(2,3)4)44(52)49-41(45(53)54-5)42(51)33-14-11-10-12-15-33/h10-12,14-25,29-30,35,41-42,51H,6-9,13,26-28H2,1-5H3,(H,49,52)/t35-,41?,42?/m1/s1. The quantitative estimate of drug-likeness (QED) is 0.0483. The summed E-state index contributed by atoms with van der Waals surface area (Å²) in [6.45, 7) is 9.19. The molecule has 5 aromatic rings. The molecule has 2 heterocycles. The van der Waals surface area contributed by atoms with Crippen LogP contribution in [0.15, 0.2) is 103 Å². The number of ketones is 1. The van der Waals surface area contributed by atoms with Gasteiger partial charge in [-0.3, -0.25) is 9.59 Å². The molecule has 5 rings (SSSR count). The van der Waals surface area contributed by atoms with E-state index in [1.54, 1.807) is 48.8 Å². The molecule has 0 spiro atoms. The Morgan fingerprint density at radius 3 is 2.09 bits per heavy atom. The van der Waals surface area contributed by atoms with Crippen LogP contribution in [0.5, 0.6) is 5.75 Å². The molecule has 0 radical (unpaired) electrons. The third-order valence-electron chi connectivity index (χ3n) is 9.68. The van der Waals surface area contributed by atoms with Gasteiger partial charge in [-0.2, -0.15) is 0 Å². The number of unbranched alkanes of at least 4 members (excludes halogenated alkanes) is 4. The smallest absolute Gasteiger partial charge is 0.331 e. The number of ether oxygens (including phenoxy) is 2. The monoisotopic (exact) mass is 775 g/mol. The summed E-state index contributed by atoms with van der Waals surface area (Å²) in [4.78, 5) is 51.4. The highest BCUT2D eigenvalue weighted by Gasteiger charge is 2.34. The van der Waals surface area contributed by atoms with Crippen molar-refractivity contribution >= 4 is 29.0 Å². The Labute approximate surface area is 334 Å². The number of hydrogen-bond acceptors (Lipinski definition) is 9. The number of rotatable bonds is 19. The summed E-state index contributed by atoms with van der Waals surface area (Å²) in [6.07, 6.45) is 8.34. The number of Topliss-reactive ketones (excluding diaryl/α,β-unsaturated/α-hetero) is 1. The van der Waals surface area contributed by atoms with E-state index >= 15 is 0 Å². The van der Waals surface area contributed by atoms with Gasteiger partial charge in [-0.25, -0.2) is 14.8 Å². The number of carbonyl (C=O) groups is 3. The molecule has 2 N–H and O–H groups in total. The lowest BCUT2D eigenvalue weighted by Gasteiger charge is -2.25. The van der Waals surface area contributed by atoms with Crippen LogP contribution in [0.4, 0.5) is 0 Å². The molecule has 3 atom stereocenters. The van der Waals surface area contributed by atoms with Crippen molar-refractivity contribution < 1.29 is 29.0 Å². The third kappa shape index (κ3) is 11.7. The summed E-state index contributed by atoms with van der Waals surface area (Å²) in [7, 11) is 1.20. The van der Waals surface area contributed by atoms with Crippen LogP contribution in [0.3, 0.4) is 0 Å². The molecule has 1 amide bonds. The first-order valence-corrected chi connectivity index (χ1v) is 20.2. The fourth-order valence-electron chi connectivity index (χ4n) is 6.32. The van der Waals surface area contributed by atoms with Crippen LogP contribution in [0, 0.1) is 5.92 Å². The molecule has 0 saturated carbocycles. The molecule has 0 saturated heterocycles. The van der Waals surface area contributed by atoms with Crippen LogP contribution in [0.1, 0.15) is 98.0 Å². The number of hydrogen-bond donors (Lipinski definition) is 2. The van der Waals surface area contributed by atoms with E-state index < -0.39 is 29.9 Å². The predicted molar refractivity (Wildman–Crippen MR) is 222 cm³/mol. The van der Waals surface area contributed by atoms with Gasteiger partial charge in [0.05, 0.1) is 18.6 Å². The Bertz CT molecular complexity index is 2010. The number of nitrogens with zero attached hydrogens (tertiary/aromatic N) is 2. The Morgan fingerprint density at radius 2 is 1.46 bits per heavy atom. The summed E-state index contributed by atoms with van der Waals surface area (Å²) in [5.74, 6) is -0.953. The molecule has 10 heteroatoms. The predicted octanol–water partition coefficient (Wildman–Crippen LogP) is 9.34. The van der Waals surface area contributed by atoms with Gasteiger partial charge in [0.25, 0.3) is 0 Å². The van der Waals surface area contributed by atoms with Crippen LogP contribution in [0.2, 0.25) is 0 Å². The van der Waals surface area contributed by atoms with Crippen LogP contribution in [0.25, 0.3) is 22.5 Å². The van der Waals surface area contributed by atoms with E-state index in [9.17, 15) is 19.5 Å². The molecule has 3 aromatic carbocycles. The van der Waals surface area contributed by atoms with Crippen molar-refractivity contribution in [2.45, 2.75) is 90.2 Å². The number of nitrogens with one attached hydrogen (secondary N) is 1. The summed E-state index contributed by atoms with van der Waals surface area (Å²) >= 11 is 1.42. The number of amides is 1. The fourth-order valence-corrected chi connectivity index (χ4v) is 7.33. The van der Waals surface area contributed by atoms with Crippen LogP contribution >= 0.6 is 11.3 Å². The zero-order chi connectivity index (χ0) is 40.1. The first kappa shape index (κ1) is 42.0. The van der Waals surface area contributed by atoms with Crippen LogP contribution in [-0.4, -0.2) is 52.5 Å². The van der Waals surface area contributed by atoms with Gasteiger partial charge in [-0.15, -0.1) is 11.3 Å². The van der Waals surface area contributed by atoms with Gasteiger partial charge in [-0.05, 0) is 59.2 Å². The van der Waals surface area contributed by atoms with E-state index in [4.69, 9.17) is 9.47 Å². The maximum absolute atomic E-state index is 14.0. The SMILES string of the molecule is CCCCCCCOc1ccc(-c2cnc(-c3ccc(C[C@H](CC(=O)c4ccc(C(C)(C)C)s4)C(=O)NC(C(=O)OC)C(O)c4ccccc4)cc3)nc2)cc1. The molecule has 0 fully saturated rings. The van der Waals surface area contributed by atoms with Crippen LogP contribution in [-0.2, 0) is 26.2 Å². The second-order valence-corrected chi connectivity index (χ2v) is 16.2. The van der Waals surface area contributed by atoms with E-state index in [0.29, 0.717) is 22.9 Å². The number of aliphatic hydroxyl groups excluding tert-OH is 1. The highest BCUT2D eigenvalue weighted by atomic mass is 32.1. The highest BCUT2D eigenvalue weighted by molar-refractivity contribution is 7.14. The van der Waals surface area contributed by atoms with E-state index in [1.165, 1.54) is 44.1 Å². The molecule has 0 aliphatic carbocycles. The maximum Gasteiger partial charge on any atom is 0.331 e. The molecular weight excluding hydrogens is 723 g/mol. The fraction of sp³-hybridized carbons (Fsp3) is 0.370. The molecule has 2 unspecified atom stereocenters. The average molecular weight is 776 g/mol. The Hall–Kier alpha value is -5.19. The number of benzene rings is 3. The molecule has 2 aromatic heterocycles. The van der Waals surface area contributed by atoms with Crippen molar-refractivity contribution in [3.63, 3.8) is 0 Å². The normalized spacial score (nSPS) is 13.0. The number of esters is 1. The highest BCUT2D eigenvalue weighted by Crippen LogP contribution is 2.31. The summed E-state index contributed by atoms with van der Waals surface area (Å²) in [6, 6.07) is 26.5. The van der Waals surface area contributed by atoms with E-state index in [2.05, 4.69) is 43.0 Å². The number of carbonyl (C=O) groups excluding carboxylic acids is 3. The minimum absolute atomic E-state index is 0.0935. The van der Waals surface area contributed by atoms with Crippen molar-refractivity contribution in [3.8, 4) is 28.3 Å². The number of methoxy groups -OCH3 is 1. The second kappa shape index (κ2) is 20.1. The average Bonchev–Trinajstić information content (AvgIpc) is 3.73. The van der Waals surface area contributed by atoms with Gasteiger partial charge in [0.2, 0.25) is 5.91 Å². The lowest BCUT2D eigenvalue weighted by Crippen LogP contribution is -2.48. The number of aliphatic hydroxyl groups is 1. The zero-order valence-corrected chi connectivity index (χ0v) is 33.8. The summed E-state index contributed by atoms with van der Waals surface area (Å²) in [5.41, 5.74) is 3.80. The Morgan fingerprint density at radius 1 is 0.804 bits per heavy atom. The largest absolute Gasteiger partial charge is 0.494 e. The molecule has 9 nitrogen and oxygen atoms in total. The van der Waals surface area contributed by atoms with Crippen molar-refractivity contribution in [1.82, 2.24) is 15.3 Å². The first-order chi connectivity index (χ1) is 27.0. The molecule has 294 valence electrons. The molecule has 0 aliphatic rings.